The summed E-state index contributed by atoms with van der Waals surface area (Å²) in [7, 11) is 0. The molecule has 1 fully saturated rings. The number of carbonyl (C=O) groups is 1. The second kappa shape index (κ2) is 9.43. The molecule has 1 aliphatic rings. The minimum absolute atomic E-state index is 0.105. The predicted octanol–water partition coefficient (Wildman–Crippen LogP) is 3.36. The summed E-state index contributed by atoms with van der Waals surface area (Å²) in [6.45, 7) is 7.05. The zero-order valence-corrected chi connectivity index (χ0v) is 18.3. The maximum Gasteiger partial charge on any atom is 0.272 e. The summed E-state index contributed by atoms with van der Waals surface area (Å²) in [5, 5.41) is 3.04. The van der Waals surface area contributed by atoms with E-state index in [1.807, 2.05) is 36.4 Å². The van der Waals surface area contributed by atoms with Crippen molar-refractivity contribution in [3.05, 3.63) is 75.7 Å². The summed E-state index contributed by atoms with van der Waals surface area (Å²) >= 11 is 0. The van der Waals surface area contributed by atoms with Gasteiger partial charge in [-0.1, -0.05) is 36.8 Å². The first-order chi connectivity index (χ1) is 15.0. The van der Waals surface area contributed by atoms with Gasteiger partial charge < -0.3 is 9.88 Å². The number of likely N-dealkylation sites (tertiary alicyclic amines) is 1. The molecule has 6 heteroatoms. The van der Waals surface area contributed by atoms with Gasteiger partial charge in [0, 0.05) is 24.7 Å². The van der Waals surface area contributed by atoms with Gasteiger partial charge in [0.25, 0.3) is 11.5 Å². The van der Waals surface area contributed by atoms with E-state index in [-0.39, 0.29) is 11.5 Å². The van der Waals surface area contributed by atoms with E-state index < -0.39 is 0 Å². The number of aromatic nitrogens is 2. The van der Waals surface area contributed by atoms with Gasteiger partial charge in [-0.15, -0.1) is 0 Å². The highest BCUT2D eigenvalue weighted by molar-refractivity contribution is 5.97. The van der Waals surface area contributed by atoms with Crippen LogP contribution >= 0.6 is 0 Å². The molecule has 6 nitrogen and oxygen atoms in total. The van der Waals surface area contributed by atoms with Gasteiger partial charge in [0.15, 0.2) is 0 Å². The molecule has 162 valence electrons. The highest BCUT2D eigenvalue weighted by Gasteiger charge is 2.18. The van der Waals surface area contributed by atoms with Crippen molar-refractivity contribution in [3.63, 3.8) is 0 Å². The van der Waals surface area contributed by atoms with Gasteiger partial charge >= 0.3 is 0 Å². The second-order valence-electron chi connectivity index (χ2n) is 8.41. The van der Waals surface area contributed by atoms with Crippen LogP contribution in [0.25, 0.3) is 11.0 Å². The fraction of sp³-hybridized carbons (Fsp3) is 0.400. The smallest absolute Gasteiger partial charge is 0.272 e. The molecule has 0 spiro atoms. The SMILES string of the molecule is Cc1nc2cc(C(=O)NCCN3CCCC[C@@H]3C)ccc2n(Cc2ccccc2)c1=O. The molecule has 2 heterocycles. The van der Waals surface area contributed by atoms with Crippen LogP contribution in [-0.4, -0.2) is 46.0 Å². The highest BCUT2D eigenvalue weighted by atomic mass is 16.1. The van der Waals surface area contributed by atoms with Gasteiger partial charge in [-0.3, -0.25) is 14.5 Å². The molecule has 1 amide bonds. The fourth-order valence-corrected chi connectivity index (χ4v) is 4.34. The van der Waals surface area contributed by atoms with Gasteiger partial charge in [-0.25, -0.2) is 4.98 Å². The number of rotatable bonds is 6. The van der Waals surface area contributed by atoms with Crippen molar-refractivity contribution in [2.45, 2.75) is 45.7 Å². The number of nitrogens with one attached hydrogen (secondary N) is 1. The number of aryl methyl sites for hydroxylation is 1. The number of fused-ring (bicyclic) bond motifs is 1. The number of piperidine rings is 1. The van der Waals surface area contributed by atoms with E-state index in [9.17, 15) is 9.59 Å². The van der Waals surface area contributed by atoms with Crippen LogP contribution in [-0.2, 0) is 6.54 Å². The van der Waals surface area contributed by atoms with E-state index in [0.29, 0.717) is 35.9 Å². The summed E-state index contributed by atoms with van der Waals surface area (Å²) in [5.41, 5.74) is 3.33. The number of hydrogen-bond acceptors (Lipinski definition) is 4. The molecule has 1 N–H and O–H groups in total. The van der Waals surface area contributed by atoms with Crippen LogP contribution in [0.5, 0.6) is 0 Å². The van der Waals surface area contributed by atoms with Crippen molar-refractivity contribution in [2.75, 3.05) is 19.6 Å². The Morgan fingerprint density at radius 2 is 1.97 bits per heavy atom. The quantitative estimate of drug-likeness (QED) is 0.667. The Balaban J connectivity index is 1.51. The Morgan fingerprint density at radius 1 is 1.16 bits per heavy atom. The average molecular weight is 419 g/mol. The molecule has 0 aliphatic carbocycles. The molecule has 0 bridgehead atoms. The molecule has 0 unspecified atom stereocenters. The third-order valence-electron chi connectivity index (χ3n) is 6.18. The molecule has 4 rings (SSSR count). The van der Waals surface area contributed by atoms with Gasteiger partial charge in [0.2, 0.25) is 0 Å². The minimum atomic E-state index is -0.107. The number of amides is 1. The number of hydrogen-bond donors (Lipinski definition) is 1. The molecule has 3 aromatic rings. The predicted molar refractivity (Wildman–Crippen MR) is 124 cm³/mol. The first-order valence-electron chi connectivity index (χ1n) is 11.1. The summed E-state index contributed by atoms with van der Waals surface area (Å²) < 4.78 is 1.73. The van der Waals surface area contributed by atoms with Crippen LogP contribution in [0.4, 0.5) is 0 Å². The Kier molecular flexibility index (Phi) is 6.47. The normalized spacial score (nSPS) is 17.0. The molecule has 2 aromatic carbocycles. The van der Waals surface area contributed by atoms with Gasteiger partial charge in [-0.05, 0) is 57.0 Å². The Labute approximate surface area is 182 Å². The lowest BCUT2D eigenvalue weighted by Crippen LogP contribution is -2.42. The minimum Gasteiger partial charge on any atom is -0.351 e. The lowest BCUT2D eigenvalue weighted by Gasteiger charge is -2.33. The van der Waals surface area contributed by atoms with Crippen molar-refractivity contribution >= 4 is 16.9 Å². The molecule has 1 aliphatic heterocycles. The largest absolute Gasteiger partial charge is 0.351 e. The average Bonchev–Trinajstić information content (AvgIpc) is 2.78. The maximum absolute atomic E-state index is 12.7. The van der Waals surface area contributed by atoms with Crippen LogP contribution in [0, 0.1) is 6.92 Å². The van der Waals surface area contributed by atoms with Crippen LogP contribution in [0.15, 0.2) is 53.3 Å². The number of benzene rings is 2. The van der Waals surface area contributed by atoms with Crippen LogP contribution in [0.1, 0.15) is 47.8 Å². The summed E-state index contributed by atoms with van der Waals surface area (Å²) in [5.74, 6) is -0.105. The number of carbonyl (C=O) groups excluding carboxylic acids is 1. The fourth-order valence-electron chi connectivity index (χ4n) is 4.34. The molecule has 1 aromatic heterocycles. The monoisotopic (exact) mass is 418 g/mol. The molecule has 0 radical (unpaired) electrons. The molecule has 31 heavy (non-hydrogen) atoms. The summed E-state index contributed by atoms with van der Waals surface area (Å²) in [6.07, 6.45) is 3.76. The summed E-state index contributed by atoms with van der Waals surface area (Å²) in [4.78, 5) is 32.4. The van der Waals surface area contributed by atoms with E-state index in [4.69, 9.17) is 0 Å². The molecule has 0 saturated carbocycles. The molecular formula is C25H30N4O2. The van der Waals surface area contributed by atoms with Gasteiger partial charge in [-0.2, -0.15) is 0 Å². The zero-order chi connectivity index (χ0) is 21.8. The third kappa shape index (κ3) is 4.85. The summed E-state index contributed by atoms with van der Waals surface area (Å²) in [6, 6.07) is 15.8. The first kappa shape index (κ1) is 21.2. The molecule has 1 atom stereocenters. The lowest BCUT2D eigenvalue weighted by molar-refractivity contribution is 0.0938. The first-order valence-corrected chi connectivity index (χ1v) is 11.1. The van der Waals surface area contributed by atoms with E-state index in [2.05, 4.69) is 22.1 Å². The molecule has 1 saturated heterocycles. The topological polar surface area (TPSA) is 67.2 Å². The zero-order valence-electron chi connectivity index (χ0n) is 18.3. The second-order valence-corrected chi connectivity index (χ2v) is 8.41. The van der Waals surface area contributed by atoms with Crippen molar-refractivity contribution < 1.29 is 4.79 Å². The lowest BCUT2D eigenvalue weighted by atomic mass is 10.0. The van der Waals surface area contributed by atoms with E-state index in [0.717, 1.165) is 24.2 Å². The Bertz CT molecular complexity index is 1120. The Morgan fingerprint density at radius 3 is 2.74 bits per heavy atom. The number of nitrogens with zero attached hydrogens (tertiary/aromatic N) is 3. The third-order valence-corrected chi connectivity index (χ3v) is 6.18. The van der Waals surface area contributed by atoms with E-state index >= 15 is 0 Å². The van der Waals surface area contributed by atoms with Crippen molar-refractivity contribution in [1.29, 1.82) is 0 Å². The Hall–Kier alpha value is -2.99. The van der Waals surface area contributed by atoms with E-state index in [1.54, 1.807) is 23.6 Å². The highest BCUT2D eigenvalue weighted by Crippen LogP contribution is 2.16. The van der Waals surface area contributed by atoms with Gasteiger partial charge in [0.1, 0.15) is 5.69 Å². The molecular weight excluding hydrogens is 388 g/mol. The van der Waals surface area contributed by atoms with Crippen molar-refractivity contribution in [1.82, 2.24) is 19.8 Å². The van der Waals surface area contributed by atoms with Crippen LogP contribution < -0.4 is 10.9 Å². The van der Waals surface area contributed by atoms with Gasteiger partial charge in [0.05, 0.1) is 17.6 Å². The maximum atomic E-state index is 12.7. The van der Waals surface area contributed by atoms with Crippen LogP contribution in [0.2, 0.25) is 0 Å². The van der Waals surface area contributed by atoms with E-state index in [1.165, 1.54) is 19.3 Å². The standard InChI is InChI=1S/C25H30N4O2/c1-18-8-6-7-14-28(18)15-13-26-24(30)21-11-12-23-22(16-21)27-19(2)25(31)29(23)17-20-9-4-3-5-10-20/h3-5,9-12,16,18H,6-8,13-15,17H2,1-2H3,(H,26,30)/t18-/m0/s1. The van der Waals surface area contributed by atoms with Crippen molar-refractivity contribution in [3.8, 4) is 0 Å². The van der Waals surface area contributed by atoms with Crippen molar-refractivity contribution in [2.24, 2.45) is 0 Å². The van der Waals surface area contributed by atoms with Crippen LogP contribution in [0.3, 0.4) is 0 Å².